The zero-order chi connectivity index (χ0) is 19.8. The van der Waals surface area contributed by atoms with Gasteiger partial charge in [0.05, 0.1) is 10.5 Å². The first-order valence-corrected chi connectivity index (χ1v) is 8.87. The van der Waals surface area contributed by atoms with Crippen LogP contribution in [0.15, 0.2) is 42.5 Å². The number of unbranched alkanes of at least 4 members (excludes halogenated alkanes) is 2. The monoisotopic (exact) mass is 369 g/mol. The highest BCUT2D eigenvalue weighted by atomic mass is 16.6. The van der Waals surface area contributed by atoms with E-state index in [0.717, 1.165) is 19.3 Å². The highest BCUT2D eigenvalue weighted by Crippen LogP contribution is 2.26. The summed E-state index contributed by atoms with van der Waals surface area (Å²) in [7, 11) is 1.57. The predicted octanol–water partition coefficient (Wildman–Crippen LogP) is 3.79. The van der Waals surface area contributed by atoms with E-state index in [1.165, 1.54) is 18.2 Å². The lowest BCUT2D eigenvalue weighted by Gasteiger charge is -2.10. The summed E-state index contributed by atoms with van der Waals surface area (Å²) >= 11 is 0. The van der Waals surface area contributed by atoms with Gasteiger partial charge in [-0.05, 0) is 24.6 Å². The van der Waals surface area contributed by atoms with Gasteiger partial charge in [0.2, 0.25) is 0 Å². The highest BCUT2D eigenvalue weighted by Gasteiger charge is 2.21. The summed E-state index contributed by atoms with van der Waals surface area (Å²) < 4.78 is 0. The van der Waals surface area contributed by atoms with E-state index in [0.29, 0.717) is 12.2 Å². The molecule has 0 aliphatic heterocycles. The Balaban J connectivity index is 2.31. The molecule has 2 aromatic rings. The SMILES string of the molecule is CCCCCNC(=O)c1ccccc1C(=O)c1ccc(NC)c([N+](=O)[O-])c1. The van der Waals surface area contributed by atoms with Gasteiger partial charge in [-0.2, -0.15) is 0 Å². The van der Waals surface area contributed by atoms with Crippen LogP contribution in [0.25, 0.3) is 0 Å². The van der Waals surface area contributed by atoms with Crippen LogP contribution in [0, 0.1) is 10.1 Å². The van der Waals surface area contributed by atoms with Crippen LogP contribution in [0.5, 0.6) is 0 Å². The first-order chi connectivity index (χ1) is 13.0. The van der Waals surface area contributed by atoms with Crippen molar-refractivity contribution in [3.8, 4) is 0 Å². The van der Waals surface area contributed by atoms with Crippen LogP contribution in [0.4, 0.5) is 11.4 Å². The minimum Gasteiger partial charge on any atom is -0.383 e. The molecule has 0 fully saturated rings. The largest absolute Gasteiger partial charge is 0.383 e. The van der Waals surface area contributed by atoms with Crippen LogP contribution >= 0.6 is 0 Å². The van der Waals surface area contributed by atoms with Crippen LogP contribution in [-0.4, -0.2) is 30.2 Å². The van der Waals surface area contributed by atoms with Crippen molar-refractivity contribution in [2.75, 3.05) is 18.9 Å². The molecule has 142 valence electrons. The summed E-state index contributed by atoms with van der Waals surface area (Å²) in [5, 5.41) is 16.8. The van der Waals surface area contributed by atoms with Gasteiger partial charge in [0.25, 0.3) is 11.6 Å². The molecule has 0 spiro atoms. The summed E-state index contributed by atoms with van der Waals surface area (Å²) in [5.41, 5.74) is 0.770. The fraction of sp³-hybridized carbons (Fsp3) is 0.300. The molecule has 7 nitrogen and oxygen atoms in total. The average Bonchev–Trinajstić information content (AvgIpc) is 2.70. The zero-order valence-corrected chi connectivity index (χ0v) is 15.5. The number of carbonyl (C=O) groups excluding carboxylic acids is 2. The summed E-state index contributed by atoms with van der Waals surface area (Å²) in [6.07, 6.45) is 2.94. The number of rotatable bonds is 9. The smallest absolute Gasteiger partial charge is 0.293 e. The topological polar surface area (TPSA) is 101 Å². The third-order valence-corrected chi connectivity index (χ3v) is 4.21. The third-order valence-electron chi connectivity index (χ3n) is 4.21. The molecule has 0 aliphatic carbocycles. The lowest BCUT2D eigenvalue weighted by molar-refractivity contribution is -0.384. The van der Waals surface area contributed by atoms with Crippen molar-refractivity contribution in [2.45, 2.75) is 26.2 Å². The maximum absolute atomic E-state index is 12.9. The number of nitro benzene ring substituents is 1. The van der Waals surface area contributed by atoms with Gasteiger partial charge in [0, 0.05) is 30.8 Å². The molecule has 2 aromatic carbocycles. The molecule has 0 saturated carbocycles. The highest BCUT2D eigenvalue weighted by molar-refractivity contribution is 6.15. The number of benzene rings is 2. The lowest BCUT2D eigenvalue weighted by Crippen LogP contribution is -2.26. The maximum Gasteiger partial charge on any atom is 0.293 e. The second kappa shape index (κ2) is 9.47. The number of amides is 1. The third kappa shape index (κ3) is 4.91. The second-order valence-corrected chi connectivity index (χ2v) is 6.08. The Hall–Kier alpha value is -3.22. The Morgan fingerprint density at radius 2 is 1.78 bits per heavy atom. The van der Waals surface area contributed by atoms with Crippen molar-refractivity contribution in [1.82, 2.24) is 5.32 Å². The quantitative estimate of drug-likeness (QED) is 0.303. The Morgan fingerprint density at radius 3 is 2.41 bits per heavy atom. The van der Waals surface area contributed by atoms with Crippen molar-refractivity contribution in [3.05, 3.63) is 69.3 Å². The van der Waals surface area contributed by atoms with Crippen LogP contribution in [0.1, 0.15) is 52.5 Å². The van der Waals surface area contributed by atoms with Crippen molar-refractivity contribution < 1.29 is 14.5 Å². The maximum atomic E-state index is 12.9. The van der Waals surface area contributed by atoms with E-state index in [9.17, 15) is 19.7 Å². The molecule has 0 saturated heterocycles. The first-order valence-electron chi connectivity index (χ1n) is 8.87. The number of nitrogens with zero attached hydrogens (tertiary/aromatic N) is 1. The molecule has 0 bridgehead atoms. The normalized spacial score (nSPS) is 10.3. The van der Waals surface area contributed by atoms with Gasteiger partial charge < -0.3 is 10.6 Å². The molecular weight excluding hydrogens is 346 g/mol. The van der Waals surface area contributed by atoms with Gasteiger partial charge in [-0.1, -0.05) is 38.0 Å². The fourth-order valence-corrected chi connectivity index (χ4v) is 2.74. The van der Waals surface area contributed by atoms with Gasteiger partial charge in [-0.25, -0.2) is 0 Å². The van der Waals surface area contributed by atoms with Crippen molar-refractivity contribution in [1.29, 1.82) is 0 Å². The minimum atomic E-state index is -0.547. The Labute approximate surface area is 157 Å². The molecule has 0 radical (unpaired) electrons. The molecule has 2 N–H and O–H groups in total. The van der Waals surface area contributed by atoms with Gasteiger partial charge in [0.15, 0.2) is 5.78 Å². The average molecular weight is 369 g/mol. The van der Waals surface area contributed by atoms with Gasteiger partial charge in [0.1, 0.15) is 5.69 Å². The minimum absolute atomic E-state index is 0.159. The summed E-state index contributed by atoms with van der Waals surface area (Å²) in [5.74, 6) is -0.753. The first kappa shape index (κ1) is 20.1. The molecule has 2 rings (SSSR count). The summed E-state index contributed by atoms with van der Waals surface area (Å²) in [6, 6.07) is 10.7. The summed E-state index contributed by atoms with van der Waals surface area (Å²) in [4.78, 5) is 36.0. The van der Waals surface area contributed by atoms with Crippen molar-refractivity contribution >= 4 is 23.1 Å². The fourth-order valence-electron chi connectivity index (χ4n) is 2.74. The lowest BCUT2D eigenvalue weighted by atomic mass is 9.97. The molecule has 0 aliphatic rings. The second-order valence-electron chi connectivity index (χ2n) is 6.08. The van der Waals surface area contributed by atoms with Crippen LogP contribution in [0.2, 0.25) is 0 Å². The van der Waals surface area contributed by atoms with E-state index in [2.05, 4.69) is 17.6 Å². The van der Waals surface area contributed by atoms with E-state index < -0.39 is 10.7 Å². The van der Waals surface area contributed by atoms with Crippen molar-refractivity contribution in [3.63, 3.8) is 0 Å². The predicted molar refractivity (Wildman–Crippen MR) is 104 cm³/mol. The van der Waals surface area contributed by atoms with E-state index in [-0.39, 0.29) is 28.3 Å². The van der Waals surface area contributed by atoms with Gasteiger partial charge in [-0.15, -0.1) is 0 Å². The number of ketones is 1. The number of hydrogen-bond acceptors (Lipinski definition) is 5. The summed E-state index contributed by atoms with van der Waals surface area (Å²) in [6.45, 7) is 2.62. The van der Waals surface area contributed by atoms with E-state index in [4.69, 9.17) is 0 Å². The van der Waals surface area contributed by atoms with E-state index in [1.54, 1.807) is 31.3 Å². The molecule has 27 heavy (non-hydrogen) atoms. The molecular formula is C20H23N3O4. The van der Waals surface area contributed by atoms with Crippen LogP contribution in [0.3, 0.4) is 0 Å². The Kier molecular flexibility index (Phi) is 7.05. The van der Waals surface area contributed by atoms with Crippen molar-refractivity contribution in [2.24, 2.45) is 0 Å². The Morgan fingerprint density at radius 1 is 1.07 bits per heavy atom. The number of anilines is 1. The van der Waals surface area contributed by atoms with Crippen LogP contribution in [-0.2, 0) is 0 Å². The molecule has 0 unspecified atom stereocenters. The number of nitro groups is 1. The molecule has 1 amide bonds. The zero-order valence-electron chi connectivity index (χ0n) is 15.5. The Bertz CT molecular complexity index is 849. The van der Waals surface area contributed by atoms with Gasteiger partial charge >= 0.3 is 0 Å². The van der Waals surface area contributed by atoms with Crippen LogP contribution < -0.4 is 10.6 Å². The molecule has 0 aromatic heterocycles. The molecule has 0 atom stereocenters. The number of carbonyl (C=O) groups is 2. The van der Waals surface area contributed by atoms with E-state index >= 15 is 0 Å². The number of nitrogens with one attached hydrogen (secondary N) is 2. The van der Waals surface area contributed by atoms with E-state index in [1.807, 2.05) is 0 Å². The van der Waals surface area contributed by atoms with Gasteiger partial charge in [-0.3, -0.25) is 19.7 Å². The molecule has 0 heterocycles. The number of hydrogen-bond donors (Lipinski definition) is 2. The standard InChI is InChI=1S/C20H23N3O4/c1-3-4-7-12-22-20(25)16-9-6-5-8-15(16)19(24)14-10-11-17(21-2)18(13-14)23(26)27/h5-6,8-11,13,21H,3-4,7,12H2,1-2H3,(H,22,25). The molecule has 7 heteroatoms.